The molecule has 4 aromatic rings. The maximum absolute atomic E-state index is 12.9. The first-order valence-electron chi connectivity index (χ1n) is 10.4. The van der Waals surface area contributed by atoms with Crippen molar-refractivity contribution in [3.05, 3.63) is 91.7 Å². The third-order valence-electron chi connectivity index (χ3n) is 5.40. The molecule has 0 aliphatic heterocycles. The second kappa shape index (κ2) is 9.38. The largest absolute Gasteiger partial charge is 0.350 e. The van der Waals surface area contributed by atoms with Gasteiger partial charge in [0.1, 0.15) is 11.9 Å². The fourth-order valence-corrected chi connectivity index (χ4v) is 3.58. The highest BCUT2D eigenvalue weighted by Gasteiger charge is 2.16. The van der Waals surface area contributed by atoms with E-state index in [0.717, 1.165) is 16.6 Å². The van der Waals surface area contributed by atoms with Gasteiger partial charge < -0.3 is 5.32 Å². The molecule has 0 bridgehead atoms. The summed E-state index contributed by atoms with van der Waals surface area (Å²) in [4.78, 5) is 46.9. The van der Waals surface area contributed by atoms with Crippen LogP contribution in [0, 0.1) is 0 Å². The Labute approximate surface area is 194 Å². The molecule has 0 aliphatic rings. The summed E-state index contributed by atoms with van der Waals surface area (Å²) in [6, 6.07) is 14.8. The van der Waals surface area contributed by atoms with Gasteiger partial charge in [-0.1, -0.05) is 42.8 Å². The summed E-state index contributed by atoms with van der Waals surface area (Å²) < 4.78 is 2.14. The van der Waals surface area contributed by atoms with Crippen LogP contribution in [-0.2, 0) is 31.4 Å². The highest BCUT2D eigenvalue weighted by atomic mass is 35.5. The van der Waals surface area contributed by atoms with Crippen molar-refractivity contribution in [3.63, 3.8) is 0 Å². The molecule has 1 amide bonds. The molecule has 0 aliphatic carbocycles. The maximum atomic E-state index is 12.9. The zero-order valence-corrected chi connectivity index (χ0v) is 19.0. The fraction of sp³-hybridized carbons (Fsp3) is 0.208. The van der Waals surface area contributed by atoms with E-state index < -0.39 is 23.7 Å². The van der Waals surface area contributed by atoms with Crippen molar-refractivity contribution in [2.75, 3.05) is 0 Å². The minimum absolute atomic E-state index is 0.151. The van der Waals surface area contributed by atoms with Crippen LogP contribution in [0.15, 0.2) is 64.3 Å². The van der Waals surface area contributed by atoms with Gasteiger partial charge in [-0.25, -0.2) is 14.8 Å². The summed E-state index contributed by atoms with van der Waals surface area (Å²) in [6.07, 6.45) is 2.31. The quantitative estimate of drug-likeness (QED) is 0.474. The fourth-order valence-electron chi connectivity index (χ4n) is 3.45. The van der Waals surface area contributed by atoms with Crippen LogP contribution in [-0.4, -0.2) is 25.0 Å². The number of amides is 1. The van der Waals surface area contributed by atoms with Crippen LogP contribution in [0.2, 0.25) is 5.02 Å². The molecular formula is C24H22ClN5O3. The van der Waals surface area contributed by atoms with E-state index in [1.807, 2.05) is 24.3 Å². The van der Waals surface area contributed by atoms with Gasteiger partial charge in [-0.05, 0) is 41.8 Å². The molecular weight excluding hydrogens is 442 g/mol. The lowest BCUT2D eigenvalue weighted by Gasteiger charge is -2.11. The Balaban J connectivity index is 1.59. The van der Waals surface area contributed by atoms with E-state index in [-0.39, 0.29) is 11.0 Å². The lowest BCUT2D eigenvalue weighted by molar-refractivity contribution is -0.121. The predicted molar refractivity (Wildman–Crippen MR) is 127 cm³/mol. The normalized spacial score (nSPS) is 11.0. The highest BCUT2D eigenvalue weighted by molar-refractivity contribution is 6.30. The van der Waals surface area contributed by atoms with Crippen LogP contribution < -0.4 is 16.6 Å². The Kier molecular flexibility index (Phi) is 6.37. The molecule has 0 saturated heterocycles. The van der Waals surface area contributed by atoms with E-state index >= 15 is 0 Å². The van der Waals surface area contributed by atoms with Crippen LogP contribution in [0.25, 0.3) is 22.4 Å². The SMILES string of the molecule is CCc1ccc(CNC(=O)Cn2c(=O)c3cnc(-c4ccc(Cl)cc4)nc3n(C)c2=O)cc1. The van der Waals surface area contributed by atoms with Gasteiger partial charge in [-0.2, -0.15) is 0 Å². The molecule has 0 spiro atoms. The number of halogens is 1. The minimum atomic E-state index is -0.629. The van der Waals surface area contributed by atoms with E-state index in [0.29, 0.717) is 23.0 Å². The molecule has 0 fully saturated rings. The molecule has 2 heterocycles. The molecule has 8 nitrogen and oxygen atoms in total. The van der Waals surface area contributed by atoms with Gasteiger partial charge in [0.2, 0.25) is 5.91 Å². The molecule has 1 N–H and O–H groups in total. The summed E-state index contributed by atoms with van der Waals surface area (Å²) >= 11 is 5.93. The van der Waals surface area contributed by atoms with E-state index in [4.69, 9.17) is 11.6 Å². The summed E-state index contributed by atoms with van der Waals surface area (Å²) in [7, 11) is 1.51. The number of carbonyl (C=O) groups excluding carboxylic acids is 1. The summed E-state index contributed by atoms with van der Waals surface area (Å²) in [5, 5.41) is 3.48. The number of carbonyl (C=O) groups is 1. The molecule has 4 rings (SSSR count). The van der Waals surface area contributed by atoms with E-state index in [1.54, 1.807) is 24.3 Å². The number of aryl methyl sites for hydroxylation is 2. The van der Waals surface area contributed by atoms with Crippen molar-refractivity contribution >= 4 is 28.5 Å². The Bertz CT molecular complexity index is 1440. The Morgan fingerprint density at radius 1 is 1.03 bits per heavy atom. The average Bonchev–Trinajstić information content (AvgIpc) is 2.84. The van der Waals surface area contributed by atoms with Crippen LogP contribution >= 0.6 is 11.6 Å². The monoisotopic (exact) mass is 463 g/mol. The number of benzene rings is 2. The van der Waals surface area contributed by atoms with E-state index in [2.05, 4.69) is 22.2 Å². The van der Waals surface area contributed by atoms with Crippen molar-refractivity contribution in [2.24, 2.45) is 7.05 Å². The Hall–Kier alpha value is -3.78. The zero-order valence-electron chi connectivity index (χ0n) is 18.2. The van der Waals surface area contributed by atoms with Gasteiger partial charge >= 0.3 is 5.69 Å². The Morgan fingerprint density at radius 3 is 2.36 bits per heavy atom. The molecule has 0 unspecified atom stereocenters. The molecule has 33 heavy (non-hydrogen) atoms. The molecule has 0 atom stereocenters. The average molecular weight is 464 g/mol. The first kappa shape index (κ1) is 22.4. The lowest BCUT2D eigenvalue weighted by atomic mass is 10.1. The highest BCUT2D eigenvalue weighted by Crippen LogP contribution is 2.19. The maximum Gasteiger partial charge on any atom is 0.332 e. The number of hydrogen-bond acceptors (Lipinski definition) is 5. The molecule has 2 aromatic carbocycles. The van der Waals surface area contributed by atoms with Crippen molar-refractivity contribution in [1.29, 1.82) is 0 Å². The molecule has 2 aromatic heterocycles. The van der Waals surface area contributed by atoms with Gasteiger partial charge in [0.25, 0.3) is 5.56 Å². The lowest BCUT2D eigenvalue weighted by Crippen LogP contribution is -2.43. The number of nitrogens with zero attached hydrogens (tertiary/aromatic N) is 4. The molecule has 0 saturated carbocycles. The third-order valence-corrected chi connectivity index (χ3v) is 5.66. The first-order chi connectivity index (χ1) is 15.9. The summed E-state index contributed by atoms with van der Waals surface area (Å²) in [5.41, 5.74) is 1.79. The molecule has 168 valence electrons. The molecule has 9 heteroatoms. The van der Waals surface area contributed by atoms with E-state index in [1.165, 1.54) is 23.4 Å². The van der Waals surface area contributed by atoms with Crippen molar-refractivity contribution < 1.29 is 4.79 Å². The first-order valence-corrected chi connectivity index (χ1v) is 10.8. The number of rotatable bonds is 6. The summed E-state index contributed by atoms with van der Waals surface area (Å²) in [6.45, 7) is 1.98. The smallest absolute Gasteiger partial charge is 0.332 e. The van der Waals surface area contributed by atoms with Crippen molar-refractivity contribution in [1.82, 2.24) is 24.4 Å². The van der Waals surface area contributed by atoms with Gasteiger partial charge in [-0.15, -0.1) is 0 Å². The number of hydrogen-bond donors (Lipinski definition) is 1. The topological polar surface area (TPSA) is 98.9 Å². The predicted octanol–water partition coefficient (Wildman–Crippen LogP) is 2.69. The standard InChI is InChI=1S/C24H22ClN5O3/c1-3-15-4-6-16(7-5-15)12-26-20(31)14-30-23(32)19-13-27-21(17-8-10-18(25)11-9-17)28-22(19)29(2)24(30)33/h4-11,13H,3,12,14H2,1-2H3,(H,26,31). The van der Waals surface area contributed by atoms with Crippen LogP contribution in [0.5, 0.6) is 0 Å². The summed E-state index contributed by atoms with van der Waals surface area (Å²) in [5.74, 6) is -0.0787. The minimum Gasteiger partial charge on any atom is -0.350 e. The zero-order chi connectivity index (χ0) is 23.5. The number of nitrogens with one attached hydrogen (secondary N) is 1. The third kappa shape index (κ3) is 4.70. The second-order valence-corrected chi connectivity index (χ2v) is 8.05. The van der Waals surface area contributed by atoms with Crippen molar-refractivity contribution in [2.45, 2.75) is 26.4 Å². The van der Waals surface area contributed by atoms with Crippen LogP contribution in [0.3, 0.4) is 0 Å². The van der Waals surface area contributed by atoms with Crippen molar-refractivity contribution in [3.8, 4) is 11.4 Å². The van der Waals surface area contributed by atoms with E-state index in [9.17, 15) is 14.4 Å². The number of fused-ring (bicyclic) bond motifs is 1. The van der Waals surface area contributed by atoms with Crippen LogP contribution in [0.1, 0.15) is 18.1 Å². The van der Waals surface area contributed by atoms with Gasteiger partial charge in [0.15, 0.2) is 11.5 Å². The number of aromatic nitrogens is 4. The Morgan fingerprint density at radius 2 is 1.70 bits per heavy atom. The van der Waals surface area contributed by atoms with Gasteiger partial charge in [-0.3, -0.25) is 18.7 Å². The van der Waals surface area contributed by atoms with Gasteiger partial charge in [0.05, 0.1) is 0 Å². The van der Waals surface area contributed by atoms with Gasteiger partial charge in [0, 0.05) is 30.4 Å². The van der Waals surface area contributed by atoms with Crippen LogP contribution in [0.4, 0.5) is 0 Å². The second-order valence-electron chi connectivity index (χ2n) is 7.62. The molecule has 0 radical (unpaired) electrons.